The summed E-state index contributed by atoms with van der Waals surface area (Å²) in [7, 11) is 3.25. The van der Waals surface area contributed by atoms with Crippen molar-refractivity contribution in [3.8, 4) is 22.6 Å². The van der Waals surface area contributed by atoms with Gasteiger partial charge >= 0.3 is 0 Å². The summed E-state index contributed by atoms with van der Waals surface area (Å²) in [4.78, 5) is 17.3. The number of nitrogens with one attached hydrogen (secondary N) is 1. The molecule has 0 unspecified atom stereocenters. The van der Waals surface area contributed by atoms with Gasteiger partial charge in [-0.3, -0.25) is 9.78 Å². The van der Waals surface area contributed by atoms with Gasteiger partial charge in [-0.25, -0.2) is 0 Å². The lowest BCUT2D eigenvalue weighted by atomic mass is 9.99. The van der Waals surface area contributed by atoms with Crippen LogP contribution in [0.3, 0.4) is 0 Å². The fourth-order valence-corrected chi connectivity index (χ4v) is 4.17. The smallest absolute Gasteiger partial charge is 0.248 e. The number of benzene rings is 3. The number of hydrogen-bond donors (Lipinski definition) is 1. The number of nitrogens with zero attached hydrogens (tertiary/aromatic N) is 1. The number of amides is 1. The van der Waals surface area contributed by atoms with Crippen LogP contribution in [0.25, 0.3) is 38.6 Å². The van der Waals surface area contributed by atoms with Crippen LogP contribution < -0.4 is 14.8 Å². The Kier molecular flexibility index (Phi) is 5.94. The number of ether oxygens (including phenoxy) is 2. The molecule has 0 fully saturated rings. The first-order valence-corrected chi connectivity index (χ1v) is 11.1. The van der Waals surface area contributed by atoms with Crippen molar-refractivity contribution in [3.05, 3.63) is 90.8 Å². The summed E-state index contributed by atoms with van der Waals surface area (Å²) >= 11 is 0. The third kappa shape index (κ3) is 4.34. The number of methoxy groups -OCH3 is 2. The third-order valence-corrected chi connectivity index (χ3v) is 5.96. The van der Waals surface area contributed by atoms with Gasteiger partial charge in [0.1, 0.15) is 17.1 Å². The highest BCUT2D eigenvalue weighted by molar-refractivity contribution is 6.08. The normalized spacial score (nSPS) is 11.6. The molecule has 2 heterocycles. The summed E-state index contributed by atoms with van der Waals surface area (Å²) in [6.07, 6.45) is 5.01. The van der Waals surface area contributed by atoms with Gasteiger partial charge < -0.3 is 19.2 Å². The molecule has 0 spiro atoms. The zero-order valence-corrected chi connectivity index (χ0v) is 19.7. The van der Waals surface area contributed by atoms with E-state index in [4.69, 9.17) is 13.9 Å². The van der Waals surface area contributed by atoms with Crippen LogP contribution in [-0.4, -0.2) is 25.1 Å². The van der Waals surface area contributed by atoms with Crippen LogP contribution in [0, 0.1) is 0 Å². The van der Waals surface area contributed by atoms with Gasteiger partial charge in [0.05, 0.1) is 31.7 Å². The molecule has 0 aliphatic carbocycles. The van der Waals surface area contributed by atoms with E-state index >= 15 is 0 Å². The van der Waals surface area contributed by atoms with Crippen molar-refractivity contribution in [1.82, 2.24) is 4.98 Å². The Hall–Kier alpha value is -4.58. The molecule has 6 nitrogen and oxygen atoms in total. The van der Waals surface area contributed by atoms with Gasteiger partial charge in [-0.15, -0.1) is 0 Å². The van der Waals surface area contributed by atoms with Gasteiger partial charge in [-0.2, -0.15) is 0 Å². The summed E-state index contributed by atoms with van der Waals surface area (Å²) in [5.74, 6) is 1.17. The van der Waals surface area contributed by atoms with Crippen molar-refractivity contribution >= 4 is 39.0 Å². The van der Waals surface area contributed by atoms with E-state index in [1.165, 1.54) is 0 Å². The fraction of sp³-hybridized carbons (Fsp3) is 0.103. The topological polar surface area (TPSA) is 73.6 Å². The number of fused-ring (bicyclic) bond motifs is 2. The molecular formula is C29H24N2O4. The number of rotatable bonds is 6. The third-order valence-electron chi connectivity index (χ3n) is 5.96. The van der Waals surface area contributed by atoms with Crippen molar-refractivity contribution in [1.29, 1.82) is 0 Å². The van der Waals surface area contributed by atoms with Crippen molar-refractivity contribution in [3.63, 3.8) is 0 Å². The summed E-state index contributed by atoms with van der Waals surface area (Å²) in [6, 6.07) is 21.2. The molecule has 174 valence electrons. The predicted molar refractivity (Wildman–Crippen MR) is 139 cm³/mol. The van der Waals surface area contributed by atoms with Crippen LogP contribution in [0.1, 0.15) is 12.5 Å². The SMILES string of the molecule is COc1ccc(-c2coc3cc(OC)c(/C(C)=C/C(=O)Nc4cccc5cccnc45)cc23)cc1. The zero-order valence-electron chi connectivity index (χ0n) is 19.7. The number of aromatic nitrogens is 1. The van der Waals surface area contributed by atoms with Crippen LogP contribution in [-0.2, 0) is 4.79 Å². The van der Waals surface area contributed by atoms with Crippen LogP contribution in [0.2, 0.25) is 0 Å². The number of furan rings is 1. The molecular weight excluding hydrogens is 440 g/mol. The van der Waals surface area contributed by atoms with Crippen LogP contribution in [0.5, 0.6) is 11.5 Å². The molecule has 35 heavy (non-hydrogen) atoms. The molecule has 5 aromatic rings. The molecule has 1 N–H and O–H groups in total. The Morgan fingerprint density at radius 3 is 2.57 bits per heavy atom. The molecule has 3 aromatic carbocycles. The number of para-hydroxylation sites is 1. The Bertz CT molecular complexity index is 1560. The number of anilines is 1. The molecule has 0 aliphatic rings. The van der Waals surface area contributed by atoms with Gasteiger partial charge in [0.25, 0.3) is 0 Å². The van der Waals surface area contributed by atoms with Gasteiger partial charge in [0, 0.05) is 40.2 Å². The minimum absolute atomic E-state index is 0.245. The quantitative estimate of drug-likeness (QED) is 0.283. The van der Waals surface area contributed by atoms with Gasteiger partial charge in [-0.05, 0) is 48.4 Å². The Morgan fingerprint density at radius 1 is 1.00 bits per heavy atom. The van der Waals surface area contributed by atoms with E-state index in [1.807, 2.05) is 73.7 Å². The Morgan fingerprint density at radius 2 is 1.80 bits per heavy atom. The maximum absolute atomic E-state index is 12.9. The Labute approximate surface area is 202 Å². The van der Waals surface area contributed by atoms with Crippen LogP contribution >= 0.6 is 0 Å². The summed E-state index contributed by atoms with van der Waals surface area (Å²) in [5.41, 5.74) is 5.63. The standard InChI is InChI=1S/C29H24N2O4/c1-18(14-28(32)31-25-8-4-6-20-7-5-13-30-29(20)25)22-15-23-24(17-35-27(23)16-26(22)34-3)19-9-11-21(33-2)12-10-19/h4-17H,1-3H3,(H,31,32)/b18-14+. The van der Waals surface area contributed by atoms with E-state index in [0.717, 1.165) is 44.3 Å². The minimum atomic E-state index is -0.245. The minimum Gasteiger partial charge on any atom is -0.497 e. The predicted octanol–water partition coefficient (Wildman–Crippen LogP) is 6.71. The first kappa shape index (κ1) is 22.2. The number of allylic oxidation sites excluding steroid dienone is 1. The van der Waals surface area contributed by atoms with Gasteiger partial charge in [0.2, 0.25) is 5.91 Å². The van der Waals surface area contributed by atoms with Crippen molar-refractivity contribution < 1.29 is 18.7 Å². The summed E-state index contributed by atoms with van der Waals surface area (Å²) in [6.45, 7) is 1.89. The maximum atomic E-state index is 12.9. The molecule has 0 saturated heterocycles. The number of carbonyl (C=O) groups is 1. The van der Waals surface area contributed by atoms with Crippen molar-refractivity contribution in [2.45, 2.75) is 6.92 Å². The Balaban J connectivity index is 1.50. The fourth-order valence-electron chi connectivity index (χ4n) is 4.17. The highest BCUT2D eigenvalue weighted by Crippen LogP contribution is 2.37. The molecule has 0 saturated carbocycles. The molecule has 0 radical (unpaired) electrons. The lowest BCUT2D eigenvalue weighted by Gasteiger charge is -2.11. The average Bonchev–Trinajstić information content (AvgIpc) is 3.31. The molecule has 1 amide bonds. The lowest BCUT2D eigenvalue weighted by molar-refractivity contribution is -0.111. The largest absolute Gasteiger partial charge is 0.497 e. The van der Waals surface area contributed by atoms with E-state index in [2.05, 4.69) is 10.3 Å². The number of hydrogen-bond acceptors (Lipinski definition) is 5. The van der Waals surface area contributed by atoms with Crippen LogP contribution in [0.15, 0.2) is 89.7 Å². The summed E-state index contributed by atoms with van der Waals surface area (Å²) in [5, 5.41) is 4.84. The average molecular weight is 465 g/mol. The monoisotopic (exact) mass is 464 g/mol. The molecule has 0 aliphatic heterocycles. The van der Waals surface area contributed by atoms with E-state index in [-0.39, 0.29) is 5.91 Å². The lowest BCUT2D eigenvalue weighted by Crippen LogP contribution is -2.09. The van der Waals surface area contributed by atoms with E-state index in [9.17, 15) is 4.79 Å². The molecule has 6 heteroatoms. The van der Waals surface area contributed by atoms with Crippen LogP contribution in [0.4, 0.5) is 5.69 Å². The first-order valence-electron chi connectivity index (χ1n) is 11.1. The van der Waals surface area contributed by atoms with Crippen molar-refractivity contribution in [2.24, 2.45) is 0 Å². The molecule has 2 aromatic heterocycles. The summed E-state index contributed by atoms with van der Waals surface area (Å²) < 4.78 is 16.7. The molecule has 0 atom stereocenters. The molecule has 0 bridgehead atoms. The highest BCUT2D eigenvalue weighted by atomic mass is 16.5. The maximum Gasteiger partial charge on any atom is 0.248 e. The van der Waals surface area contributed by atoms with Gasteiger partial charge in [-0.1, -0.05) is 30.3 Å². The second-order valence-electron chi connectivity index (χ2n) is 8.12. The zero-order chi connectivity index (χ0) is 24.4. The van der Waals surface area contributed by atoms with Gasteiger partial charge in [0.15, 0.2) is 0 Å². The number of carbonyl (C=O) groups excluding carboxylic acids is 1. The van der Waals surface area contributed by atoms with E-state index < -0.39 is 0 Å². The second-order valence-corrected chi connectivity index (χ2v) is 8.12. The van der Waals surface area contributed by atoms with Crippen molar-refractivity contribution in [2.75, 3.05) is 19.5 Å². The van der Waals surface area contributed by atoms with E-state index in [0.29, 0.717) is 17.0 Å². The van der Waals surface area contributed by atoms with E-state index in [1.54, 1.807) is 32.8 Å². The molecule has 5 rings (SSSR count). The number of pyridine rings is 1. The first-order chi connectivity index (χ1) is 17.1. The highest BCUT2D eigenvalue weighted by Gasteiger charge is 2.15. The second kappa shape index (κ2) is 9.35.